The van der Waals surface area contributed by atoms with E-state index in [0.29, 0.717) is 13.1 Å². The summed E-state index contributed by atoms with van der Waals surface area (Å²) >= 11 is 0. The quantitative estimate of drug-likeness (QED) is 0.617. The molecule has 0 amide bonds. The van der Waals surface area contributed by atoms with Crippen LogP contribution in [0.15, 0.2) is 35.6 Å². The van der Waals surface area contributed by atoms with Gasteiger partial charge in [-0.2, -0.15) is 0 Å². The zero-order chi connectivity index (χ0) is 15.8. The summed E-state index contributed by atoms with van der Waals surface area (Å²) in [6.07, 6.45) is 1.68. The Morgan fingerprint density at radius 2 is 2.23 bits per heavy atom. The van der Waals surface area contributed by atoms with Crippen LogP contribution in [-0.4, -0.2) is 34.4 Å². The number of aromatic nitrogens is 3. The molecule has 0 bridgehead atoms. The van der Waals surface area contributed by atoms with Crippen LogP contribution in [0.1, 0.15) is 18.3 Å². The summed E-state index contributed by atoms with van der Waals surface area (Å²) in [7, 11) is 3.58. The molecular weight excluding hydrogens is 280 g/mol. The van der Waals surface area contributed by atoms with Crippen molar-refractivity contribution in [2.45, 2.75) is 20.0 Å². The summed E-state index contributed by atoms with van der Waals surface area (Å²) < 4.78 is 7.09. The maximum Gasteiger partial charge on any atom is 0.191 e. The maximum absolute atomic E-state index is 5.22. The molecule has 0 aliphatic carbocycles. The smallest absolute Gasteiger partial charge is 0.191 e. The monoisotopic (exact) mass is 302 g/mol. The first kappa shape index (κ1) is 15.8. The van der Waals surface area contributed by atoms with E-state index < -0.39 is 0 Å². The van der Waals surface area contributed by atoms with Crippen molar-refractivity contribution in [1.82, 2.24) is 25.4 Å². The fraction of sp³-hybridized carbons (Fsp3) is 0.400. The van der Waals surface area contributed by atoms with Gasteiger partial charge in [0.15, 0.2) is 11.8 Å². The Hall–Kier alpha value is -2.57. The van der Waals surface area contributed by atoms with Crippen molar-refractivity contribution in [3.8, 4) is 5.75 Å². The molecule has 22 heavy (non-hydrogen) atoms. The SMILES string of the molecule is CCNC(=NCc1cccc(OC)c1)NCc1nncn1C. The molecule has 1 heterocycles. The van der Waals surface area contributed by atoms with Crippen LogP contribution in [0.5, 0.6) is 5.75 Å². The van der Waals surface area contributed by atoms with Crippen LogP contribution in [0.25, 0.3) is 0 Å². The van der Waals surface area contributed by atoms with E-state index in [9.17, 15) is 0 Å². The molecule has 0 aliphatic heterocycles. The Kier molecular flexibility index (Phi) is 5.76. The number of aryl methyl sites for hydroxylation is 1. The topological polar surface area (TPSA) is 76.4 Å². The Labute approximate surface area is 130 Å². The molecule has 0 unspecified atom stereocenters. The van der Waals surface area contributed by atoms with Gasteiger partial charge >= 0.3 is 0 Å². The average Bonchev–Trinajstić information content (AvgIpc) is 2.95. The fourth-order valence-electron chi connectivity index (χ4n) is 1.91. The zero-order valence-corrected chi connectivity index (χ0v) is 13.2. The lowest BCUT2D eigenvalue weighted by molar-refractivity contribution is 0.414. The van der Waals surface area contributed by atoms with Gasteiger partial charge in [0.25, 0.3) is 0 Å². The highest BCUT2D eigenvalue weighted by molar-refractivity contribution is 5.79. The van der Waals surface area contributed by atoms with Gasteiger partial charge < -0.3 is 19.9 Å². The van der Waals surface area contributed by atoms with Gasteiger partial charge in [-0.05, 0) is 24.6 Å². The molecule has 118 valence electrons. The maximum atomic E-state index is 5.22. The zero-order valence-electron chi connectivity index (χ0n) is 13.2. The number of ether oxygens (including phenoxy) is 1. The highest BCUT2D eigenvalue weighted by atomic mass is 16.5. The molecular formula is C15H22N6O. The highest BCUT2D eigenvalue weighted by Gasteiger charge is 2.03. The van der Waals surface area contributed by atoms with Gasteiger partial charge in [-0.1, -0.05) is 12.1 Å². The van der Waals surface area contributed by atoms with Gasteiger partial charge in [-0.25, -0.2) is 4.99 Å². The van der Waals surface area contributed by atoms with E-state index in [0.717, 1.165) is 29.6 Å². The number of nitrogens with one attached hydrogen (secondary N) is 2. The molecule has 2 N–H and O–H groups in total. The molecule has 1 aromatic heterocycles. The Bertz CT molecular complexity index is 622. The lowest BCUT2D eigenvalue weighted by Crippen LogP contribution is -2.37. The largest absolute Gasteiger partial charge is 0.497 e. The van der Waals surface area contributed by atoms with Crippen molar-refractivity contribution in [1.29, 1.82) is 0 Å². The van der Waals surface area contributed by atoms with E-state index in [2.05, 4.69) is 25.8 Å². The number of rotatable bonds is 6. The molecule has 0 aliphatic rings. The molecule has 0 atom stereocenters. The lowest BCUT2D eigenvalue weighted by atomic mass is 10.2. The predicted molar refractivity (Wildman–Crippen MR) is 85.7 cm³/mol. The lowest BCUT2D eigenvalue weighted by Gasteiger charge is -2.11. The number of hydrogen-bond donors (Lipinski definition) is 2. The summed E-state index contributed by atoms with van der Waals surface area (Å²) in [6.45, 7) is 3.97. The van der Waals surface area contributed by atoms with Crippen LogP contribution in [0, 0.1) is 0 Å². The summed E-state index contributed by atoms with van der Waals surface area (Å²) in [5.41, 5.74) is 1.09. The summed E-state index contributed by atoms with van der Waals surface area (Å²) in [5.74, 6) is 2.44. The van der Waals surface area contributed by atoms with Crippen molar-refractivity contribution in [3.63, 3.8) is 0 Å². The van der Waals surface area contributed by atoms with Gasteiger partial charge in [-0.15, -0.1) is 10.2 Å². The van der Waals surface area contributed by atoms with Gasteiger partial charge in [0.05, 0.1) is 20.2 Å². The Morgan fingerprint density at radius 3 is 2.91 bits per heavy atom. The first-order chi connectivity index (χ1) is 10.7. The number of benzene rings is 1. The highest BCUT2D eigenvalue weighted by Crippen LogP contribution is 2.13. The molecule has 0 saturated carbocycles. The molecule has 1 aromatic carbocycles. The van der Waals surface area contributed by atoms with Gasteiger partial charge in [-0.3, -0.25) is 0 Å². The molecule has 0 spiro atoms. The second kappa shape index (κ2) is 8.02. The third kappa shape index (κ3) is 4.47. The van der Waals surface area contributed by atoms with E-state index in [4.69, 9.17) is 4.74 Å². The van der Waals surface area contributed by atoms with Crippen LogP contribution in [0.4, 0.5) is 0 Å². The van der Waals surface area contributed by atoms with Crippen molar-refractivity contribution in [3.05, 3.63) is 42.0 Å². The number of methoxy groups -OCH3 is 1. The summed E-state index contributed by atoms with van der Waals surface area (Å²) in [4.78, 5) is 4.57. The van der Waals surface area contributed by atoms with E-state index in [1.165, 1.54) is 0 Å². The van der Waals surface area contributed by atoms with E-state index >= 15 is 0 Å². The third-order valence-corrected chi connectivity index (χ3v) is 3.12. The Morgan fingerprint density at radius 1 is 1.36 bits per heavy atom. The minimum absolute atomic E-state index is 0.570. The van der Waals surface area contributed by atoms with E-state index in [1.54, 1.807) is 13.4 Å². The van der Waals surface area contributed by atoms with Crippen molar-refractivity contribution in [2.75, 3.05) is 13.7 Å². The normalized spacial score (nSPS) is 11.3. The molecule has 0 fully saturated rings. The van der Waals surface area contributed by atoms with Gasteiger partial charge in [0.2, 0.25) is 0 Å². The summed E-state index contributed by atoms with van der Waals surface area (Å²) in [5, 5.41) is 14.4. The van der Waals surface area contributed by atoms with E-state index in [1.807, 2.05) is 42.8 Å². The average molecular weight is 302 g/mol. The second-order valence-electron chi connectivity index (χ2n) is 4.76. The standard InChI is InChI=1S/C15H22N6O/c1-4-16-15(18-10-14-20-19-11-21(14)2)17-9-12-6-5-7-13(8-12)22-3/h5-8,11H,4,9-10H2,1-3H3,(H2,16,17,18). The van der Waals surface area contributed by atoms with Crippen LogP contribution in [0.3, 0.4) is 0 Å². The first-order valence-electron chi connectivity index (χ1n) is 7.21. The van der Waals surface area contributed by atoms with Gasteiger partial charge in [0, 0.05) is 13.6 Å². The third-order valence-electron chi connectivity index (χ3n) is 3.12. The van der Waals surface area contributed by atoms with Crippen LogP contribution in [-0.2, 0) is 20.1 Å². The molecule has 0 saturated heterocycles. The van der Waals surface area contributed by atoms with Crippen molar-refractivity contribution >= 4 is 5.96 Å². The van der Waals surface area contributed by atoms with Crippen molar-refractivity contribution < 1.29 is 4.74 Å². The number of nitrogens with zero attached hydrogens (tertiary/aromatic N) is 4. The predicted octanol–water partition coefficient (Wildman–Crippen LogP) is 1.08. The molecule has 7 heteroatoms. The molecule has 0 radical (unpaired) electrons. The Balaban J connectivity index is 1.98. The van der Waals surface area contributed by atoms with Crippen LogP contribution >= 0.6 is 0 Å². The number of hydrogen-bond acceptors (Lipinski definition) is 4. The number of guanidine groups is 1. The summed E-state index contributed by atoms with van der Waals surface area (Å²) in [6, 6.07) is 7.89. The minimum Gasteiger partial charge on any atom is -0.497 e. The second-order valence-corrected chi connectivity index (χ2v) is 4.76. The molecule has 7 nitrogen and oxygen atoms in total. The van der Waals surface area contributed by atoms with Crippen LogP contribution < -0.4 is 15.4 Å². The minimum atomic E-state index is 0.570. The van der Waals surface area contributed by atoms with Crippen molar-refractivity contribution in [2.24, 2.45) is 12.0 Å². The fourth-order valence-corrected chi connectivity index (χ4v) is 1.91. The molecule has 2 aromatic rings. The number of aliphatic imine (C=N–C) groups is 1. The first-order valence-corrected chi connectivity index (χ1v) is 7.21. The molecule has 2 rings (SSSR count). The van der Waals surface area contributed by atoms with Gasteiger partial charge in [0.1, 0.15) is 12.1 Å². The van der Waals surface area contributed by atoms with E-state index in [-0.39, 0.29) is 0 Å². The van der Waals surface area contributed by atoms with Crippen LogP contribution in [0.2, 0.25) is 0 Å².